The van der Waals surface area contributed by atoms with Gasteiger partial charge in [-0.2, -0.15) is 4.31 Å². The van der Waals surface area contributed by atoms with Gasteiger partial charge in [-0.15, -0.1) is 0 Å². The number of hydrogen-bond donors (Lipinski definition) is 1. The molecule has 1 aromatic rings. The van der Waals surface area contributed by atoms with Crippen molar-refractivity contribution in [1.82, 2.24) is 4.31 Å². The normalized spacial score (nSPS) is 18.1. The molecular weight excluding hydrogens is 288 g/mol. The van der Waals surface area contributed by atoms with Crippen molar-refractivity contribution >= 4 is 10.0 Å². The lowest BCUT2D eigenvalue weighted by atomic mass is 9.98. The van der Waals surface area contributed by atoms with Crippen LogP contribution >= 0.6 is 0 Å². The molecule has 0 aromatic heterocycles. The Bertz CT molecular complexity index is 563. The Morgan fingerprint density at radius 2 is 1.81 bits per heavy atom. The first-order valence-corrected chi connectivity index (χ1v) is 8.81. The van der Waals surface area contributed by atoms with Crippen molar-refractivity contribution in [3.63, 3.8) is 0 Å². The van der Waals surface area contributed by atoms with Gasteiger partial charge < -0.3 is 10.5 Å². The van der Waals surface area contributed by atoms with E-state index in [1.807, 2.05) is 6.92 Å². The van der Waals surface area contributed by atoms with Crippen LogP contribution in [0.3, 0.4) is 0 Å². The summed E-state index contributed by atoms with van der Waals surface area (Å²) in [6, 6.07) is 6.53. The lowest BCUT2D eigenvalue weighted by Crippen LogP contribution is -2.54. The molecule has 0 heterocycles. The molecule has 0 radical (unpaired) electrons. The second-order valence-electron chi connectivity index (χ2n) is 5.48. The third-order valence-corrected chi connectivity index (χ3v) is 6.47. The van der Waals surface area contributed by atoms with Gasteiger partial charge in [0.15, 0.2) is 0 Å². The predicted molar refractivity (Wildman–Crippen MR) is 82.8 cm³/mol. The molecule has 118 valence electrons. The van der Waals surface area contributed by atoms with Crippen molar-refractivity contribution in [3.8, 4) is 5.75 Å². The van der Waals surface area contributed by atoms with E-state index >= 15 is 0 Å². The van der Waals surface area contributed by atoms with Crippen molar-refractivity contribution in [2.75, 3.05) is 20.2 Å². The summed E-state index contributed by atoms with van der Waals surface area (Å²) in [5, 5.41) is 0. The zero-order valence-electron chi connectivity index (χ0n) is 12.7. The van der Waals surface area contributed by atoms with Gasteiger partial charge in [0.25, 0.3) is 0 Å². The summed E-state index contributed by atoms with van der Waals surface area (Å²) >= 11 is 0. The largest absolute Gasteiger partial charge is 0.497 e. The summed E-state index contributed by atoms with van der Waals surface area (Å²) in [6.45, 7) is 2.68. The van der Waals surface area contributed by atoms with Crippen molar-refractivity contribution in [2.24, 2.45) is 5.73 Å². The highest BCUT2D eigenvalue weighted by molar-refractivity contribution is 7.89. The Kier molecular flexibility index (Phi) is 4.91. The van der Waals surface area contributed by atoms with Crippen LogP contribution in [0.1, 0.15) is 32.6 Å². The molecule has 0 bridgehead atoms. The van der Waals surface area contributed by atoms with Gasteiger partial charge in [-0.05, 0) is 37.1 Å². The lowest BCUT2D eigenvalue weighted by Gasteiger charge is -2.38. The van der Waals surface area contributed by atoms with Crippen LogP contribution in [0.2, 0.25) is 0 Å². The number of ether oxygens (including phenoxy) is 1. The summed E-state index contributed by atoms with van der Waals surface area (Å²) in [7, 11) is -1.97. The maximum absolute atomic E-state index is 12.9. The molecule has 0 saturated heterocycles. The fourth-order valence-corrected chi connectivity index (χ4v) is 5.07. The van der Waals surface area contributed by atoms with Crippen LogP contribution in [0.25, 0.3) is 0 Å². The summed E-state index contributed by atoms with van der Waals surface area (Å²) in [6.07, 6.45) is 3.75. The van der Waals surface area contributed by atoms with Crippen LogP contribution in [0, 0.1) is 0 Å². The van der Waals surface area contributed by atoms with E-state index in [0.717, 1.165) is 25.7 Å². The lowest BCUT2D eigenvalue weighted by molar-refractivity contribution is 0.205. The minimum Gasteiger partial charge on any atom is -0.497 e. The molecule has 2 N–H and O–H groups in total. The first kappa shape index (κ1) is 16.3. The molecule has 1 fully saturated rings. The van der Waals surface area contributed by atoms with Gasteiger partial charge in [-0.3, -0.25) is 0 Å². The molecule has 2 rings (SSSR count). The number of methoxy groups -OCH3 is 1. The molecule has 1 aromatic carbocycles. The summed E-state index contributed by atoms with van der Waals surface area (Å²) < 4.78 is 32.6. The molecule has 0 atom stereocenters. The molecule has 0 unspecified atom stereocenters. The summed E-state index contributed by atoms with van der Waals surface area (Å²) in [5.74, 6) is 0.645. The zero-order chi connectivity index (χ0) is 15.5. The molecule has 0 aliphatic heterocycles. The highest BCUT2D eigenvalue weighted by Gasteiger charge is 2.44. The average molecular weight is 312 g/mol. The van der Waals surface area contributed by atoms with Crippen molar-refractivity contribution in [2.45, 2.75) is 43.0 Å². The molecule has 5 nitrogen and oxygen atoms in total. The average Bonchev–Trinajstić information content (AvgIpc) is 2.97. The molecular formula is C15H24N2O3S. The monoisotopic (exact) mass is 312 g/mol. The van der Waals surface area contributed by atoms with E-state index in [-0.39, 0.29) is 0 Å². The first-order valence-electron chi connectivity index (χ1n) is 7.37. The molecule has 0 amide bonds. The van der Waals surface area contributed by atoms with E-state index in [9.17, 15) is 8.42 Å². The number of likely N-dealkylation sites (N-methyl/N-ethyl adjacent to an activating group) is 1. The summed E-state index contributed by atoms with van der Waals surface area (Å²) in [5.41, 5.74) is 5.52. The number of benzene rings is 1. The quantitative estimate of drug-likeness (QED) is 0.871. The zero-order valence-corrected chi connectivity index (χ0v) is 13.5. The fraction of sp³-hybridized carbons (Fsp3) is 0.600. The van der Waals surface area contributed by atoms with E-state index in [4.69, 9.17) is 10.5 Å². The smallest absolute Gasteiger partial charge is 0.243 e. The highest BCUT2D eigenvalue weighted by atomic mass is 32.2. The maximum Gasteiger partial charge on any atom is 0.243 e. The maximum atomic E-state index is 12.9. The number of sulfonamides is 1. The van der Waals surface area contributed by atoms with Crippen molar-refractivity contribution in [1.29, 1.82) is 0 Å². The van der Waals surface area contributed by atoms with Crippen LogP contribution < -0.4 is 10.5 Å². The van der Waals surface area contributed by atoms with Gasteiger partial charge in [0.1, 0.15) is 5.75 Å². The first-order chi connectivity index (χ1) is 10.00. The Balaban J connectivity index is 2.39. The predicted octanol–water partition coefficient (Wildman–Crippen LogP) is 1.98. The number of nitrogens with zero attached hydrogens (tertiary/aromatic N) is 1. The van der Waals surface area contributed by atoms with Gasteiger partial charge >= 0.3 is 0 Å². The Labute approximate surface area is 127 Å². The van der Waals surface area contributed by atoms with Crippen molar-refractivity contribution < 1.29 is 13.2 Å². The molecule has 1 aliphatic rings. The Morgan fingerprint density at radius 1 is 1.24 bits per heavy atom. The number of rotatable bonds is 6. The van der Waals surface area contributed by atoms with Crippen LogP contribution in [0.15, 0.2) is 29.2 Å². The molecule has 0 spiro atoms. The Hall–Kier alpha value is -1.11. The van der Waals surface area contributed by atoms with Crippen LogP contribution in [-0.2, 0) is 10.0 Å². The Morgan fingerprint density at radius 3 is 2.24 bits per heavy atom. The topological polar surface area (TPSA) is 72.6 Å². The van der Waals surface area contributed by atoms with E-state index in [0.29, 0.717) is 23.7 Å². The third kappa shape index (κ3) is 2.93. The standard InChI is InChI=1S/C15H24N2O3S/c1-3-17(15(12-16)10-4-5-11-15)21(18,19)14-8-6-13(20-2)7-9-14/h6-9H,3-5,10-12,16H2,1-2H3. The van der Waals surface area contributed by atoms with Crippen LogP contribution in [-0.4, -0.2) is 38.5 Å². The molecule has 21 heavy (non-hydrogen) atoms. The van der Waals surface area contributed by atoms with Crippen LogP contribution in [0.5, 0.6) is 5.75 Å². The summed E-state index contributed by atoms with van der Waals surface area (Å²) in [4.78, 5) is 0.296. The molecule has 6 heteroatoms. The number of nitrogens with two attached hydrogens (primary N) is 1. The third-order valence-electron chi connectivity index (χ3n) is 4.38. The van der Waals surface area contributed by atoms with E-state index < -0.39 is 15.6 Å². The molecule has 1 saturated carbocycles. The van der Waals surface area contributed by atoms with E-state index in [1.165, 1.54) is 0 Å². The highest BCUT2D eigenvalue weighted by Crippen LogP contribution is 2.37. The van der Waals surface area contributed by atoms with Gasteiger partial charge in [-0.1, -0.05) is 19.8 Å². The fourth-order valence-electron chi connectivity index (χ4n) is 3.22. The van der Waals surface area contributed by atoms with E-state index in [2.05, 4.69) is 0 Å². The van der Waals surface area contributed by atoms with Gasteiger partial charge in [0, 0.05) is 18.6 Å². The minimum atomic E-state index is -3.53. The molecule has 1 aliphatic carbocycles. The van der Waals surface area contributed by atoms with Gasteiger partial charge in [0.05, 0.1) is 12.0 Å². The van der Waals surface area contributed by atoms with E-state index in [1.54, 1.807) is 35.7 Å². The second kappa shape index (κ2) is 6.34. The van der Waals surface area contributed by atoms with Gasteiger partial charge in [-0.25, -0.2) is 8.42 Å². The SMILES string of the molecule is CCN(C1(CN)CCCC1)S(=O)(=O)c1ccc(OC)cc1. The minimum absolute atomic E-state index is 0.296. The van der Waals surface area contributed by atoms with Crippen molar-refractivity contribution in [3.05, 3.63) is 24.3 Å². The number of hydrogen-bond acceptors (Lipinski definition) is 4. The van der Waals surface area contributed by atoms with Crippen LogP contribution in [0.4, 0.5) is 0 Å². The van der Waals surface area contributed by atoms with Gasteiger partial charge in [0.2, 0.25) is 10.0 Å². The second-order valence-corrected chi connectivity index (χ2v) is 7.34.